The third-order valence-corrected chi connectivity index (χ3v) is 4.64. The van der Waals surface area contributed by atoms with E-state index in [9.17, 15) is 4.79 Å². The molecule has 0 saturated carbocycles. The number of carbonyl (C=O) groups excluding carboxylic acids is 1. The van der Waals surface area contributed by atoms with Crippen molar-refractivity contribution in [3.8, 4) is 0 Å². The smallest absolute Gasteiger partial charge is 0.229 e. The number of hydrogen-bond acceptors (Lipinski definition) is 3. The van der Waals surface area contributed by atoms with Gasteiger partial charge in [0.25, 0.3) is 0 Å². The Hall–Kier alpha value is -1.42. The van der Waals surface area contributed by atoms with Gasteiger partial charge in [-0.2, -0.15) is 0 Å². The van der Waals surface area contributed by atoms with Crippen LogP contribution in [-0.2, 0) is 10.2 Å². The van der Waals surface area contributed by atoms with Crippen LogP contribution in [-0.4, -0.2) is 34.4 Å². The minimum Gasteiger partial charge on any atom is -0.369 e. The van der Waals surface area contributed by atoms with Gasteiger partial charge in [-0.1, -0.05) is 19.9 Å². The van der Waals surface area contributed by atoms with E-state index in [1.807, 2.05) is 18.2 Å². The molecule has 124 valence electrons. The highest BCUT2D eigenvalue weighted by atomic mass is 16.1. The van der Waals surface area contributed by atoms with Crippen molar-refractivity contribution in [2.75, 3.05) is 6.54 Å². The number of primary amides is 1. The van der Waals surface area contributed by atoms with Crippen LogP contribution < -0.4 is 5.73 Å². The molecule has 0 spiro atoms. The molecule has 4 heteroatoms. The van der Waals surface area contributed by atoms with Crippen LogP contribution in [0.1, 0.15) is 53.7 Å². The summed E-state index contributed by atoms with van der Waals surface area (Å²) >= 11 is 0. The quantitative estimate of drug-likeness (QED) is 0.803. The van der Waals surface area contributed by atoms with E-state index in [1.165, 1.54) is 0 Å². The van der Waals surface area contributed by atoms with Gasteiger partial charge in [-0.3, -0.25) is 14.7 Å². The van der Waals surface area contributed by atoms with Gasteiger partial charge in [0.05, 0.1) is 11.1 Å². The molecular formula is C18H31N3O. The molecule has 1 heterocycles. The van der Waals surface area contributed by atoms with E-state index in [1.54, 1.807) is 6.20 Å². The van der Waals surface area contributed by atoms with Crippen molar-refractivity contribution in [3.63, 3.8) is 0 Å². The summed E-state index contributed by atoms with van der Waals surface area (Å²) in [6.07, 6.45) is 2.42. The maximum absolute atomic E-state index is 12.4. The van der Waals surface area contributed by atoms with Crippen molar-refractivity contribution < 1.29 is 4.79 Å². The maximum atomic E-state index is 12.4. The van der Waals surface area contributed by atoms with E-state index in [0.717, 1.165) is 12.2 Å². The summed E-state index contributed by atoms with van der Waals surface area (Å²) < 4.78 is 0. The summed E-state index contributed by atoms with van der Waals surface area (Å²) in [5, 5.41) is 0. The van der Waals surface area contributed by atoms with Crippen molar-refractivity contribution in [2.24, 2.45) is 11.7 Å². The number of carbonyl (C=O) groups is 1. The summed E-state index contributed by atoms with van der Waals surface area (Å²) in [5.41, 5.74) is 5.91. The highest BCUT2D eigenvalue weighted by molar-refractivity contribution is 5.86. The standard InChI is InChI=1S/C18H31N3O/c1-13(2)18(17(19)22,16-9-7-8-11-20-16)10-12-21(14(3)4)15(5)6/h7-9,11,13-15H,10,12H2,1-6H3,(H2,19,22)/t18-/m0/s1. The first kappa shape index (κ1) is 18.6. The molecule has 0 bridgehead atoms. The zero-order chi connectivity index (χ0) is 16.9. The molecule has 0 radical (unpaired) electrons. The molecule has 0 aliphatic heterocycles. The Morgan fingerprint density at radius 3 is 2.14 bits per heavy atom. The van der Waals surface area contributed by atoms with Crippen molar-refractivity contribution in [1.29, 1.82) is 0 Å². The SMILES string of the molecule is CC(C)N(CC[C@@](C(N)=O)(c1ccccn1)C(C)C)C(C)C. The molecular weight excluding hydrogens is 274 g/mol. The van der Waals surface area contributed by atoms with Gasteiger partial charge >= 0.3 is 0 Å². The molecule has 1 rings (SSSR count). The van der Waals surface area contributed by atoms with Gasteiger partial charge in [0, 0.05) is 24.8 Å². The normalized spacial score (nSPS) is 14.8. The fraction of sp³-hybridized carbons (Fsp3) is 0.667. The molecule has 22 heavy (non-hydrogen) atoms. The Kier molecular flexibility index (Phi) is 6.54. The molecule has 1 atom stereocenters. The zero-order valence-corrected chi connectivity index (χ0v) is 14.8. The van der Waals surface area contributed by atoms with Crippen molar-refractivity contribution in [1.82, 2.24) is 9.88 Å². The second-order valence-electron chi connectivity index (χ2n) is 6.88. The number of amides is 1. The Morgan fingerprint density at radius 1 is 1.18 bits per heavy atom. The van der Waals surface area contributed by atoms with E-state index >= 15 is 0 Å². The molecule has 0 aliphatic carbocycles. The first-order valence-corrected chi connectivity index (χ1v) is 8.20. The fourth-order valence-corrected chi connectivity index (χ4v) is 3.29. The number of pyridine rings is 1. The second kappa shape index (κ2) is 7.73. The van der Waals surface area contributed by atoms with Crippen LogP contribution in [0.2, 0.25) is 0 Å². The number of hydrogen-bond donors (Lipinski definition) is 1. The molecule has 0 unspecified atom stereocenters. The fourth-order valence-electron chi connectivity index (χ4n) is 3.29. The largest absolute Gasteiger partial charge is 0.369 e. The third-order valence-electron chi connectivity index (χ3n) is 4.64. The van der Waals surface area contributed by atoms with Crippen molar-refractivity contribution >= 4 is 5.91 Å². The number of nitrogens with two attached hydrogens (primary N) is 1. The summed E-state index contributed by atoms with van der Waals surface area (Å²) in [6.45, 7) is 13.7. The topological polar surface area (TPSA) is 59.2 Å². The molecule has 1 amide bonds. The van der Waals surface area contributed by atoms with Crippen LogP contribution in [0.4, 0.5) is 0 Å². The van der Waals surface area contributed by atoms with Crippen molar-refractivity contribution in [3.05, 3.63) is 30.1 Å². The lowest BCUT2D eigenvalue weighted by Crippen LogP contribution is -2.49. The van der Waals surface area contributed by atoms with Gasteiger partial charge in [-0.05, 0) is 52.2 Å². The van der Waals surface area contributed by atoms with E-state index in [4.69, 9.17) is 5.73 Å². The number of rotatable bonds is 8. The number of aromatic nitrogens is 1. The van der Waals surface area contributed by atoms with Gasteiger partial charge < -0.3 is 5.73 Å². The van der Waals surface area contributed by atoms with E-state index in [-0.39, 0.29) is 11.8 Å². The molecule has 1 aromatic heterocycles. The molecule has 0 saturated heterocycles. The van der Waals surface area contributed by atoms with E-state index < -0.39 is 5.41 Å². The van der Waals surface area contributed by atoms with Crippen LogP contribution in [0.15, 0.2) is 24.4 Å². The summed E-state index contributed by atoms with van der Waals surface area (Å²) in [5.74, 6) is -0.185. The summed E-state index contributed by atoms with van der Waals surface area (Å²) in [7, 11) is 0. The molecule has 4 nitrogen and oxygen atoms in total. The zero-order valence-electron chi connectivity index (χ0n) is 14.8. The van der Waals surface area contributed by atoms with E-state index in [0.29, 0.717) is 18.5 Å². The maximum Gasteiger partial charge on any atom is 0.229 e. The first-order chi connectivity index (χ1) is 10.2. The van der Waals surface area contributed by atoms with Gasteiger partial charge in [-0.25, -0.2) is 0 Å². The Labute approximate surface area is 135 Å². The van der Waals surface area contributed by atoms with Crippen LogP contribution in [0.3, 0.4) is 0 Å². The Bertz CT molecular complexity index is 462. The second-order valence-corrected chi connectivity index (χ2v) is 6.88. The molecule has 0 aliphatic rings. The van der Waals surface area contributed by atoms with Crippen LogP contribution in [0.25, 0.3) is 0 Å². The lowest BCUT2D eigenvalue weighted by Gasteiger charge is -2.38. The molecule has 1 aromatic rings. The predicted octanol–water partition coefficient (Wildman–Crippen LogP) is 2.97. The highest BCUT2D eigenvalue weighted by Gasteiger charge is 2.43. The lowest BCUT2D eigenvalue weighted by molar-refractivity contribution is -0.126. The average Bonchev–Trinajstić information content (AvgIpc) is 2.42. The monoisotopic (exact) mass is 305 g/mol. The molecule has 0 fully saturated rings. The highest BCUT2D eigenvalue weighted by Crippen LogP contribution is 2.35. The summed E-state index contributed by atoms with van der Waals surface area (Å²) in [6, 6.07) is 6.57. The first-order valence-electron chi connectivity index (χ1n) is 8.20. The van der Waals surface area contributed by atoms with E-state index in [2.05, 4.69) is 51.4 Å². The Balaban J connectivity index is 3.15. The molecule has 0 aromatic carbocycles. The van der Waals surface area contributed by atoms with Gasteiger partial charge in [0.15, 0.2) is 0 Å². The average molecular weight is 305 g/mol. The minimum atomic E-state index is -0.719. The van der Waals surface area contributed by atoms with Crippen LogP contribution >= 0.6 is 0 Å². The van der Waals surface area contributed by atoms with Gasteiger partial charge in [0.2, 0.25) is 5.91 Å². The Morgan fingerprint density at radius 2 is 1.77 bits per heavy atom. The lowest BCUT2D eigenvalue weighted by atomic mass is 9.70. The van der Waals surface area contributed by atoms with Gasteiger partial charge in [0.1, 0.15) is 0 Å². The molecule has 2 N–H and O–H groups in total. The minimum absolute atomic E-state index is 0.0982. The van der Waals surface area contributed by atoms with Crippen LogP contribution in [0.5, 0.6) is 0 Å². The predicted molar refractivity (Wildman–Crippen MR) is 91.5 cm³/mol. The van der Waals surface area contributed by atoms with Crippen LogP contribution in [0, 0.1) is 5.92 Å². The number of nitrogens with zero attached hydrogens (tertiary/aromatic N) is 2. The van der Waals surface area contributed by atoms with Gasteiger partial charge in [-0.15, -0.1) is 0 Å². The third kappa shape index (κ3) is 3.86. The summed E-state index contributed by atoms with van der Waals surface area (Å²) in [4.78, 5) is 19.2. The van der Waals surface area contributed by atoms with Crippen molar-refractivity contribution in [2.45, 2.75) is 65.5 Å².